The molecule has 3 amide bonds. The molecule has 1 aliphatic carbocycles. The Bertz CT molecular complexity index is 2030. The van der Waals surface area contributed by atoms with E-state index in [0.29, 0.717) is 57.0 Å². The van der Waals surface area contributed by atoms with Crippen LogP contribution in [0, 0.1) is 5.92 Å². The molecule has 54 heavy (non-hydrogen) atoms. The van der Waals surface area contributed by atoms with Gasteiger partial charge in [0.15, 0.2) is 11.5 Å². The fourth-order valence-electron chi connectivity index (χ4n) is 6.05. The zero-order valence-electron chi connectivity index (χ0n) is 31.2. The highest BCUT2D eigenvalue weighted by atomic mass is 32.2. The standard InChI is InChI=1S/C41H45N3O8S2/c1-7-34(39(47)44-40-36(41(48)52-8-2)29-18-17-24(3)19-35(29)54-40)53-28-16-12-15-27(22-28)42-38(46)30(43-37(45)25-13-10-9-11-14-25)20-26-21-32(50-5)33(51-6)23-31(26)49-4/h9-16,20-24,34H,7-8,17-19H2,1-6H3,(H,42,46)(H,43,45)(H,44,47)/b30-20+. The van der Waals surface area contributed by atoms with E-state index in [4.69, 9.17) is 18.9 Å². The van der Waals surface area contributed by atoms with Crippen molar-refractivity contribution in [1.82, 2.24) is 5.32 Å². The normalized spacial score (nSPS) is 14.3. The number of rotatable bonds is 15. The van der Waals surface area contributed by atoms with Crippen LogP contribution in [0.1, 0.15) is 70.3 Å². The summed E-state index contributed by atoms with van der Waals surface area (Å²) >= 11 is 2.80. The third-order valence-electron chi connectivity index (χ3n) is 8.83. The van der Waals surface area contributed by atoms with Crippen LogP contribution in [0.3, 0.4) is 0 Å². The van der Waals surface area contributed by atoms with Gasteiger partial charge in [0.05, 0.1) is 38.7 Å². The summed E-state index contributed by atoms with van der Waals surface area (Å²) in [5, 5.41) is 8.71. The molecule has 0 aliphatic heterocycles. The van der Waals surface area contributed by atoms with E-state index >= 15 is 0 Å². The Kier molecular flexibility index (Phi) is 13.8. The van der Waals surface area contributed by atoms with Crippen molar-refractivity contribution in [1.29, 1.82) is 0 Å². The van der Waals surface area contributed by atoms with Crippen LogP contribution in [-0.4, -0.2) is 56.9 Å². The van der Waals surface area contributed by atoms with E-state index in [0.717, 1.165) is 34.6 Å². The number of thiophene rings is 1. The van der Waals surface area contributed by atoms with Gasteiger partial charge in [-0.15, -0.1) is 23.1 Å². The highest BCUT2D eigenvalue weighted by Gasteiger charge is 2.30. The predicted molar refractivity (Wildman–Crippen MR) is 213 cm³/mol. The van der Waals surface area contributed by atoms with Gasteiger partial charge in [0, 0.05) is 32.7 Å². The number of nitrogens with one attached hydrogen (secondary N) is 3. The Morgan fingerprint density at radius 2 is 1.63 bits per heavy atom. The number of anilines is 2. The molecule has 13 heteroatoms. The molecule has 1 aliphatic rings. The number of ether oxygens (including phenoxy) is 4. The van der Waals surface area contributed by atoms with Gasteiger partial charge in [0.1, 0.15) is 16.4 Å². The second-order valence-corrected chi connectivity index (χ2v) is 15.0. The molecule has 0 fully saturated rings. The number of esters is 1. The molecule has 284 valence electrons. The molecular formula is C41H45N3O8S2. The van der Waals surface area contributed by atoms with Gasteiger partial charge in [0.25, 0.3) is 11.8 Å². The van der Waals surface area contributed by atoms with Crippen LogP contribution in [0.4, 0.5) is 10.7 Å². The largest absolute Gasteiger partial charge is 0.496 e. The number of benzene rings is 3. The number of hydrogen-bond acceptors (Lipinski definition) is 10. The average Bonchev–Trinajstić information content (AvgIpc) is 3.53. The molecule has 1 aromatic heterocycles. The van der Waals surface area contributed by atoms with Crippen LogP contribution < -0.4 is 30.2 Å². The molecule has 3 N–H and O–H groups in total. The van der Waals surface area contributed by atoms with Crippen LogP contribution in [0.5, 0.6) is 17.2 Å². The summed E-state index contributed by atoms with van der Waals surface area (Å²) in [6.07, 6.45) is 4.62. The van der Waals surface area contributed by atoms with Crippen LogP contribution in [-0.2, 0) is 27.2 Å². The molecule has 11 nitrogen and oxygen atoms in total. The monoisotopic (exact) mass is 771 g/mol. The lowest BCUT2D eigenvalue weighted by Crippen LogP contribution is -2.30. The molecular weight excluding hydrogens is 727 g/mol. The minimum absolute atomic E-state index is 0.0521. The van der Waals surface area contributed by atoms with Crippen LogP contribution in [0.25, 0.3) is 6.08 Å². The van der Waals surface area contributed by atoms with E-state index in [9.17, 15) is 19.2 Å². The van der Waals surface area contributed by atoms with E-state index in [1.807, 2.05) is 13.0 Å². The quantitative estimate of drug-likeness (QED) is 0.0623. The maximum absolute atomic E-state index is 13.9. The average molecular weight is 772 g/mol. The lowest BCUT2D eigenvalue weighted by Gasteiger charge is -2.18. The SMILES string of the molecule is CCOC(=O)c1c(NC(=O)C(CC)Sc2cccc(NC(=O)/C(=C\c3cc(OC)c(OC)cc3OC)NC(=O)c3ccccc3)c2)sc2c1CCC(C)C2. The molecule has 4 aromatic rings. The number of thioether (sulfide) groups is 1. The first-order chi connectivity index (χ1) is 26.1. The summed E-state index contributed by atoms with van der Waals surface area (Å²) in [4.78, 5) is 55.8. The van der Waals surface area contributed by atoms with Crippen LogP contribution in [0.2, 0.25) is 0 Å². The fraction of sp³-hybridized carbons (Fsp3) is 0.317. The van der Waals surface area contributed by atoms with Gasteiger partial charge in [-0.1, -0.05) is 38.1 Å². The zero-order chi connectivity index (χ0) is 38.8. The molecule has 3 aromatic carbocycles. The molecule has 0 radical (unpaired) electrons. The summed E-state index contributed by atoms with van der Waals surface area (Å²) in [6, 6.07) is 18.9. The number of methoxy groups -OCH3 is 3. The van der Waals surface area contributed by atoms with Gasteiger partial charge in [-0.3, -0.25) is 14.4 Å². The third-order valence-corrected chi connectivity index (χ3v) is 11.4. The Hall–Kier alpha value is -5.27. The number of amides is 3. The van der Waals surface area contributed by atoms with Gasteiger partial charge >= 0.3 is 5.97 Å². The van der Waals surface area contributed by atoms with E-state index < -0.39 is 23.0 Å². The van der Waals surface area contributed by atoms with Gasteiger partial charge in [-0.05, 0) is 86.6 Å². The van der Waals surface area contributed by atoms with Crippen LogP contribution >= 0.6 is 23.1 Å². The van der Waals surface area contributed by atoms with Crippen molar-refractivity contribution in [2.45, 2.75) is 56.6 Å². The summed E-state index contributed by atoms with van der Waals surface area (Å²) in [7, 11) is 4.49. The van der Waals surface area contributed by atoms with Gasteiger partial charge in [-0.2, -0.15) is 0 Å². The van der Waals surface area contributed by atoms with Gasteiger partial charge in [0.2, 0.25) is 5.91 Å². The topological polar surface area (TPSA) is 141 Å². The number of fused-ring (bicyclic) bond motifs is 1. The number of carbonyl (C=O) groups excluding carboxylic acids is 4. The molecule has 0 saturated carbocycles. The van der Waals surface area contributed by atoms with E-state index in [2.05, 4.69) is 22.9 Å². The van der Waals surface area contributed by atoms with Crippen molar-refractivity contribution in [2.75, 3.05) is 38.6 Å². The molecule has 1 heterocycles. The highest BCUT2D eigenvalue weighted by molar-refractivity contribution is 8.00. The maximum atomic E-state index is 13.9. The molecule has 0 bridgehead atoms. The Morgan fingerprint density at radius 1 is 0.907 bits per heavy atom. The van der Waals surface area contributed by atoms with E-state index in [1.165, 1.54) is 50.5 Å². The number of carbonyl (C=O) groups is 4. The first kappa shape index (κ1) is 39.9. The number of hydrogen-bond donors (Lipinski definition) is 3. The summed E-state index contributed by atoms with van der Waals surface area (Å²) in [5.41, 5.74) is 2.67. The lowest BCUT2D eigenvalue weighted by molar-refractivity contribution is -0.116. The van der Waals surface area contributed by atoms with Gasteiger partial charge < -0.3 is 34.9 Å². The summed E-state index contributed by atoms with van der Waals surface area (Å²) in [5.74, 6) is 0.0120. The van der Waals surface area contributed by atoms with Crippen molar-refractivity contribution in [3.63, 3.8) is 0 Å². The first-order valence-corrected chi connectivity index (χ1v) is 19.4. The summed E-state index contributed by atoms with van der Waals surface area (Å²) in [6.45, 7) is 6.13. The van der Waals surface area contributed by atoms with E-state index in [1.54, 1.807) is 67.6 Å². The van der Waals surface area contributed by atoms with Crippen molar-refractivity contribution in [2.24, 2.45) is 5.92 Å². The Labute approximate surface area is 323 Å². The minimum atomic E-state index is -0.592. The molecule has 2 atom stereocenters. The van der Waals surface area contributed by atoms with E-state index in [-0.39, 0.29) is 18.2 Å². The predicted octanol–water partition coefficient (Wildman–Crippen LogP) is 7.99. The molecule has 0 saturated heterocycles. The second kappa shape index (κ2) is 18.7. The Morgan fingerprint density at radius 3 is 2.31 bits per heavy atom. The zero-order valence-corrected chi connectivity index (χ0v) is 32.8. The maximum Gasteiger partial charge on any atom is 0.341 e. The molecule has 0 spiro atoms. The van der Waals surface area contributed by atoms with Crippen molar-refractivity contribution in [3.8, 4) is 17.2 Å². The minimum Gasteiger partial charge on any atom is -0.496 e. The van der Waals surface area contributed by atoms with Crippen molar-refractivity contribution >= 4 is 63.6 Å². The first-order valence-electron chi connectivity index (χ1n) is 17.7. The summed E-state index contributed by atoms with van der Waals surface area (Å²) < 4.78 is 21.8. The second-order valence-electron chi connectivity index (χ2n) is 12.6. The molecule has 5 rings (SSSR count). The lowest BCUT2D eigenvalue weighted by atomic mass is 9.88. The van der Waals surface area contributed by atoms with Crippen molar-refractivity contribution < 1.29 is 38.1 Å². The smallest absolute Gasteiger partial charge is 0.341 e. The van der Waals surface area contributed by atoms with Crippen LogP contribution in [0.15, 0.2) is 77.3 Å². The third kappa shape index (κ3) is 9.63. The molecule has 2 unspecified atom stereocenters. The highest BCUT2D eigenvalue weighted by Crippen LogP contribution is 2.41. The van der Waals surface area contributed by atoms with Crippen molar-refractivity contribution in [3.05, 3.63) is 99.6 Å². The van der Waals surface area contributed by atoms with Gasteiger partial charge in [-0.25, -0.2) is 4.79 Å². The fourth-order valence-corrected chi connectivity index (χ4v) is 8.46. The Balaban J connectivity index is 1.37.